The Morgan fingerprint density at radius 2 is 1.92 bits per heavy atom. The van der Waals surface area contributed by atoms with Crippen molar-refractivity contribution in [2.75, 3.05) is 26.2 Å². The van der Waals surface area contributed by atoms with Gasteiger partial charge < -0.3 is 4.84 Å². The Bertz CT molecular complexity index is 158. The number of piperidine rings is 1. The van der Waals surface area contributed by atoms with E-state index in [2.05, 4.69) is 10.1 Å². The lowest BCUT2D eigenvalue weighted by molar-refractivity contribution is 0.102. The van der Waals surface area contributed by atoms with Crippen LogP contribution in [0.1, 0.15) is 33.1 Å². The third kappa shape index (κ3) is 4.88. The van der Waals surface area contributed by atoms with Gasteiger partial charge in [0.05, 0.1) is 5.71 Å². The number of likely N-dealkylation sites (tertiary alicyclic amines) is 1. The van der Waals surface area contributed by atoms with Gasteiger partial charge in [0.25, 0.3) is 0 Å². The molecule has 3 nitrogen and oxygen atoms in total. The first-order valence-electron chi connectivity index (χ1n) is 5.14. The standard InChI is InChI=1S/C10H20N2O/c1-10(2)11-13-9-8-12-6-4-3-5-7-12/h3-9H2,1-2H3. The fourth-order valence-corrected chi connectivity index (χ4v) is 1.53. The van der Waals surface area contributed by atoms with Crippen LogP contribution in [-0.4, -0.2) is 36.9 Å². The summed E-state index contributed by atoms with van der Waals surface area (Å²) in [4.78, 5) is 7.59. The Morgan fingerprint density at radius 3 is 2.54 bits per heavy atom. The minimum Gasteiger partial charge on any atom is -0.395 e. The summed E-state index contributed by atoms with van der Waals surface area (Å²) in [6.45, 7) is 8.11. The van der Waals surface area contributed by atoms with Gasteiger partial charge in [0, 0.05) is 6.54 Å². The molecule has 0 spiro atoms. The highest BCUT2D eigenvalue weighted by molar-refractivity contribution is 5.78. The number of hydrogen-bond donors (Lipinski definition) is 0. The second-order valence-corrected chi connectivity index (χ2v) is 3.77. The van der Waals surface area contributed by atoms with E-state index in [1.54, 1.807) is 0 Å². The zero-order valence-corrected chi connectivity index (χ0v) is 8.75. The lowest BCUT2D eigenvalue weighted by Crippen LogP contribution is -2.32. The van der Waals surface area contributed by atoms with Gasteiger partial charge in [0.1, 0.15) is 6.61 Å². The van der Waals surface area contributed by atoms with E-state index in [9.17, 15) is 0 Å². The molecule has 1 rings (SSSR count). The van der Waals surface area contributed by atoms with Crippen molar-refractivity contribution in [2.45, 2.75) is 33.1 Å². The Kier molecular flexibility index (Phi) is 4.83. The highest BCUT2D eigenvalue weighted by Gasteiger charge is 2.08. The zero-order chi connectivity index (χ0) is 9.52. The first kappa shape index (κ1) is 10.5. The van der Waals surface area contributed by atoms with Crippen LogP contribution in [0.2, 0.25) is 0 Å². The van der Waals surface area contributed by atoms with E-state index in [-0.39, 0.29) is 0 Å². The fraction of sp³-hybridized carbons (Fsp3) is 0.900. The third-order valence-electron chi connectivity index (χ3n) is 2.19. The maximum Gasteiger partial charge on any atom is 0.129 e. The van der Waals surface area contributed by atoms with Crippen molar-refractivity contribution in [1.29, 1.82) is 0 Å². The van der Waals surface area contributed by atoms with Gasteiger partial charge in [-0.15, -0.1) is 0 Å². The highest BCUT2D eigenvalue weighted by Crippen LogP contribution is 2.07. The lowest BCUT2D eigenvalue weighted by atomic mass is 10.1. The van der Waals surface area contributed by atoms with Crippen LogP contribution in [0.3, 0.4) is 0 Å². The highest BCUT2D eigenvalue weighted by atomic mass is 16.6. The van der Waals surface area contributed by atoms with Crippen molar-refractivity contribution in [3.05, 3.63) is 0 Å². The number of nitrogens with zero attached hydrogens (tertiary/aromatic N) is 2. The van der Waals surface area contributed by atoms with Gasteiger partial charge in [-0.05, 0) is 39.8 Å². The maximum absolute atomic E-state index is 5.14. The molecule has 0 aromatic carbocycles. The predicted octanol–water partition coefficient (Wildman–Crippen LogP) is 1.88. The van der Waals surface area contributed by atoms with Crippen molar-refractivity contribution >= 4 is 5.71 Å². The van der Waals surface area contributed by atoms with Crippen LogP contribution in [-0.2, 0) is 4.84 Å². The molecule has 0 atom stereocenters. The van der Waals surface area contributed by atoms with Crippen molar-refractivity contribution in [3.8, 4) is 0 Å². The summed E-state index contributed by atoms with van der Waals surface area (Å²) in [7, 11) is 0. The third-order valence-corrected chi connectivity index (χ3v) is 2.19. The van der Waals surface area contributed by atoms with E-state index in [0.29, 0.717) is 0 Å². The molecular formula is C10H20N2O. The summed E-state index contributed by atoms with van der Waals surface area (Å²) in [6, 6.07) is 0. The van der Waals surface area contributed by atoms with E-state index >= 15 is 0 Å². The molecule has 1 aliphatic heterocycles. The zero-order valence-electron chi connectivity index (χ0n) is 8.75. The predicted molar refractivity (Wildman–Crippen MR) is 55.0 cm³/mol. The molecular weight excluding hydrogens is 164 g/mol. The molecule has 1 heterocycles. The number of rotatable bonds is 4. The average molecular weight is 184 g/mol. The molecule has 0 aromatic heterocycles. The minimum atomic E-state index is 0.727. The van der Waals surface area contributed by atoms with Crippen LogP contribution >= 0.6 is 0 Å². The summed E-state index contributed by atoms with van der Waals surface area (Å²) < 4.78 is 0. The van der Waals surface area contributed by atoms with Gasteiger partial charge in [-0.25, -0.2) is 0 Å². The topological polar surface area (TPSA) is 24.8 Å². The molecule has 1 saturated heterocycles. The maximum atomic E-state index is 5.14. The van der Waals surface area contributed by atoms with E-state index in [1.165, 1.54) is 32.4 Å². The molecule has 0 amide bonds. The number of oxime groups is 1. The van der Waals surface area contributed by atoms with Gasteiger partial charge in [0.2, 0.25) is 0 Å². The molecule has 1 fully saturated rings. The summed E-state index contributed by atoms with van der Waals surface area (Å²) in [5.41, 5.74) is 0.985. The smallest absolute Gasteiger partial charge is 0.129 e. The molecule has 3 heteroatoms. The summed E-state index contributed by atoms with van der Waals surface area (Å²) >= 11 is 0. The van der Waals surface area contributed by atoms with Gasteiger partial charge in [-0.1, -0.05) is 11.6 Å². The van der Waals surface area contributed by atoms with E-state index in [0.717, 1.165) is 18.9 Å². The molecule has 0 unspecified atom stereocenters. The van der Waals surface area contributed by atoms with E-state index in [1.807, 2.05) is 13.8 Å². The van der Waals surface area contributed by atoms with Gasteiger partial charge in [-0.3, -0.25) is 4.90 Å². The van der Waals surface area contributed by atoms with E-state index < -0.39 is 0 Å². The van der Waals surface area contributed by atoms with Crippen LogP contribution in [0.5, 0.6) is 0 Å². The molecule has 0 bridgehead atoms. The molecule has 0 radical (unpaired) electrons. The molecule has 76 valence electrons. The van der Waals surface area contributed by atoms with Crippen LogP contribution in [0.15, 0.2) is 5.16 Å². The van der Waals surface area contributed by atoms with E-state index in [4.69, 9.17) is 4.84 Å². The van der Waals surface area contributed by atoms with Crippen molar-refractivity contribution in [1.82, 2.24) is 4.90 Å². The Hall–Kier alpha value is -0.570. The lowest BCUT2D eigenvalue weighted by Gasteiger charge is -2.25. The van der Waals surface area contributed by atoms with Gasteiger partial charge in [-0.2, -0.15) is 0 Å². The van der Waals surface area contributed by atoms with Crippen molar-refractivity contribution in [2.24, 2.45) is 5.16 Å². The van der Waals surface area contributed by atoms with Crippen molar-refractivity contribution in [3.63, 3.8) is 0 Å². The van der Waals surface area contributed by atoms with Crippen molar-refractivity contribution < 1.29 is 4.84 Å². The van der Waals surface area contributed by atoms with Gasteiger partial charge >= 0.3 is 0 Å². The minimum absolute atomic E-state index is 0.727. The van der Waals surface area contributed by atoms with Crippen LogP contribution in [0.4, 0.5) is 0 Å². The Morgan fingerprint density at radius 1 is 1.23 bits per heavy atom. The molecule has 0 saturated carbocycles. The fourth-order valence-electron chi connectivity index (χ4n) is 1.53. The largest absolute Gasteiger partial charge is 0.395 e. The van der Waals surface area contributed by atoms with Crippen LogP contribution < -0.4 is 0 Å². The Labute approximate surface area is 80.7 Å². The Balaban J connectivity index is 2.01. The first-order chi connectivity index (χ1) is 6.29. The van der Waals surface area contributed by atoms with Gasteiger partial charge in [0.15, 0.2) is 0 Å². The normalized spacial score (nSPS) is 18.3. The first-order valence-corrected chi connectivity index (χ1v) is 5.14. The molecule has 0 aliphatic carbocycles. The molecule has 0 N–H and O–H groups in total. The molecule has 1 aliphatic rings. The van der Waals surface area contributed by atoms with Crippen LogP contribution in [0, 0.1) is 0 Å². The molecule has 0 aromatic rings. The monoisotopic (exact) mass is 184 g/mol. The van der Waals surface area contributed by atoms with Crippen LogP contribution in [0.25, 0.3) is 0 Å². The quantitative estimate of drug-likeness (QED) is 0.378. The average Bonchev–Trinajstić information content (AvgIpc) is 2.14. The summed E-state index contributed by atoms with van der Waals surface area (Å²) in [6.07, 6.45) is 4.08. The second-order valence-electron chi connectivity index (χ2n) is 3.77. The SMILES string of the molecule is CC(C)=NOCCN1CCCCC1. The molecule has 13 heavy (non-hydrogen) atoms. The summed E-state index contributed by atoms with van der Waals surface area (Å²) in [5, 5.41) is 3.90. The number of hydrogen-bond acceptors (Lipinski definition) is 3. The summed E-state index contributed by atoms with van der Waals surface area (Å²) in [5.74, 6) is 0. The second kappa shape index (κ2) is 5.97.